The van der Waals surface area contributed by atoms with Gasteiger partial charge < -0.3 is 19.4 Å². The first-order valence-corrected chi connectivity index (χ1v) is 5.25. The van der Waals surface area contributed by atoms with Crippen LogP contribution in [0.15, 0.2) is 23.3 Å². The van der Waals surface area contributed by atoms with Crippen LogP contribution in [0.4, 0.5) is 6.01 Å². The van der Waals surface area contributed by atoms with E-state index in [0.29, 0.717) is 25.7 Å². The predicted molar refractivity (Wildman–Crippen MR) is 63.6 cm³/mol. The second-order valence-electron chi connectivity index (χ2n) is 3.38. The monoisotopic (exact) mass is 225 g/mol. The summed E-state index contributed by atoms with van der Waals surface area (Å²) in [5, 5.41) is 3.03. The maximum atomic E-state index is 5.40. The van der Waals surface area contributed by atoms with E-state index in [-0.39, 0.29) is 0 Å². The van der Waals surface area contributed by atoms with Crippen LogP contribution in [0.25, 0.3) is 0 Å². The van der Waals surface area contributed by atoms with Gasteiger partial charge >= 0.3 is 0 Å². The van der Waals surface area contributed by atoms with Crippen LogP contribution in [0, 0.1) is 0 Å². The number of hydrogen-bond acceptors (Lipinski definition) is 5. The van der Waals surface area contributed by atoms with Gasteiger partial charge in [0.05, 0.1) is 12.3 Å². The first kappa shape index (κ1) is 12.7. The number of nitrogens with zero attached hydrogens (tertiary/aromatic N) is 2. The van der Waals surface area contributed by atoms with Crippen molar-refractivity contribution < 1.29 is 9.15 Å². The standard InChI is InChI=1S/C11H19N3O2/c1-4-5-14(6-7-15-3)11-13-10(8-12-2)9-16-11/h4,9,12H,1,5-8H2,2-3H3. The summed E-state index contributed by atoms with van der Waals surface area (Å²) in [5.41, 5.74) is 0.893. The van der Waals surface area contributed by atoms with Crippen LogP contribution in [0.5, 0.6) is 0 Å². The Labute approximate surface area is 96.1 Å². The van der Waals surface area contributed by atoms with E-state index in [9.17, 15) is 0 Å². The van der Waals surface area contributed by atoms with Crippen LogP contribution in [-0.4, -0.2) is 38.8 Å². The molecule has 16 heavy (non-hydrogen) atoms. The van der Waals surface area contributed by atoms with Crippen molar-refractivity contribution in [3.63, 3.8) is 0 Å². The zero-order valence-corrected chi connectivity index (χ0v) is 9.90. The quantitative estimate of drug-likeness (QED) is 0.670. The molecule has 90 valence electrons. The van der Waals surface area contributed by atoms with E-state index in [2.05, 4.69) is 16.9 Å². The Hall–Kier alpha value is -1.33. The van der Waals surface area contributed by atoms with Gasteiger partial charge in [-0.1, -0.05) is 6.08 Å². The Bertz CT molecular complexity index is 312. The molecule has 0 aliphatic heterocycles. The van der Waals surface area contributed by atoms with Gasteiger partial charge in [-0.3, -0.25) is 0 Å². The SMILES string of the molecule is C=CCN(CCOC)c1nc(CNC)co1. The summed E-state index contributed by atoms with van der Waals surface area (Å²) in [4.78, 5) is 6.35. The van der Waals surface area contributed by atoms with E-state index in [1.54, 1.807) is 13.4 Å². The molecule has 1 aromatic rings. The highest BCUT2D eigenvalue weighted by Crippen LogP contribution is 2.13. The molecule has 0 atom stereocenters. The number of ether oxygens (including phenoxy) is 1. The molecule has 0 aliphatic rings. The maximum Gasteiger partial charge on any atom is 0.297 e. The van der Waals surface area contributed by atoms with Crippen molar-refractivity contribution >= 4 is 6.01 Å². The summed E-state index contributed by atoms with van der Waals surface area (Å²) < 4.78 is 10.4. The van der Waals surface area contributed by atoms with Crippen molar-refractivity contribution in [2.24, 2.45) is 0 Å². The molecular formula is C11H19N3O2. The van der Waals surface area contributed by atoms with Crippen molar-refractivity contribution in [3.05, 3.63) is 24.6 Å². The molecule has 5 nitrogen and oxygen atoms in total. The second-order valence-corrected chi connectivity index (χ2v) is 3.38. The van der Waals surface area contributed by atoms with Crippen LogP contribution >= 0.6 is 0 Å². The average molecular weight is 225 g/mol. The highest BCUT2D eigenvalue weighted by atomic mass is 16.5. The number of nitrogens with one attached hydrogen (secondary N) is 1. The van der Waals surface area contributed by atoms with E-state index in [0.717, 1.165) is 12.2 Å². The summed E-state index contributed by atoms with van der Waals surface area (Å²) in [5.74, 6) is 0. The summed E-state index contributed by atoms with van der Waals surface area (Å²) in [6, 6.07) is 0.613. The number of methoxy groups -OCH3 is 1. The number of oxazole rings is 1. The molecule has 1 rings (SSSR count). The van der Waals surface area contributed by atoms with Crippen LogP contribution in [0.3, 0.4) is 0 Å². The summed E-state index contributed by atoms with van der Waals surface area (Å²) >= 11 is 0. The van der Waals surface area contributed by atoms with Gasteiger partial charge in [-0.15, -0.1) is 6.58 Å². The molecular weight excluding hydrogens is 206 g/mol. The van der Waals surface area contributed by atoms with Crippen LogP contribution in [-0.2, 0) is 11.3 Å². The Morgan fingerprint density at radius 1 is 1.69 bits per heavy atom. The van der Waals surface area contributed by atoms with E-state index in [4.69, 9.17) is 9.15 Å². The lowest BCUT2D eigenvalue weighted by Crippen LogP contribution is -2.27. The minimum atomic E-state index is 0.613. The number of rotatable bonds is 8. The van der Waals surface area contributed by atoms with Gasteiger partial charge in [0, 0.05) is 26.7 Å². The van der Waals surface area contributed by atoms with Gasteiger partial charge in [0.15, 0.2) is 0 Å². The van der Waals surface area contributed by atoms with Gasteiger partial charge in [-0.25, -0.2) is 0 Å². The second kappa shape index (κ2) is 7.03. The number of anilines is 1. The minimum Gasteiger partial charge on any atom is -0.432 e. The Balaban J connectivity index is 2.63. The fourth-order valence-corrected chi connectivity index (χ4v) is 1.33. The topological polar surface area (TPSA) is 50.5 Å². The highest BCUT2D eigenvalue weighted by molar-refractivity contribution is 5.28. The zero-order valence-electron chi connectivity index (χ0n) is 9.90. The van der Waals surface area contributed by atoms with E-state index >= 15 is 0 Å². The van der Waals surface area contributed by atoms with Gasteiger partial charge in [0.25, 0.3) is 6.01 Å². The first-order chi connectivity index (χ1) is 7.81. The van der Waals surface area contributed by atoms with Crippen LogP contribution in [0.1, 0.15) is 5.69 Å². The molecule has 0 aliphatic carbocycles. The Kier molecular flexibility index (Phi) is 5.60. The molecule has 1 aromatic heterocycles. The van der Waals surface area contributed by atoms with Crippen molar-refractivity contribution in [1.29, 1.82) is 0 Å². The summed E-state index contributed by atoms with van der Waals surface area (Å²) in [6.07, 6.45) is 3.48. The van der Waals surface area contributed by atoms with Crippen molar-refractivity contribution in [2.75, 3.05) is 38.8 Å². The molecule has 0 saturated carbocycles. The van der Waals surface area contributed by atoms with Gasteiger partial charge in [0.1, 0.15) is 6.26 Å². The smallest absolute Gasteiger partial charge is 0.297 e. The van der Waals surface area contributed by atoms with Crippen LogP contribution < -0.4 is 10.2 Å². The summed E-state index contributed by atoms with van der Waals surface area (Å²) in [7, 11) is 3.55. The van der Waals surface area contributed by atoms with Crippen molar-refractivity contribution in [3.8, 4) is 0 Å². The molecule has 0 saturated heterocycles. The average Bonchev–Trinajstić information content (AvgIpc) is 2.73. The number of hydrogen-bond donors (Lipinski definition) is 1. The molecule has 0 fully saturated rings. The molecule has 5 heteroatoms. The Morgan fingerprint density at radius 2 is 2.50 bits per heavy atom. The minimum absolute atomic E-state index is 0.613. The zero-order chi connectivity index (χ0) is 11.8. The molecule has 0 amide bonds. The molecule has 0 spiro atoms. The molecule has 1 N–H and O–H groups in total. The van der Waals surface area contributed by atoms with Gasteiger partial charge in [-0.05, 0) is 7.05 Å². The van der Waals surface area contributed by atoms with Gasteiger partial charge in [0.2, 0.25) is 0 Å². The molecule has 0 aromatic carbocycles. The lowest BCUT2D eigenvalue weighted by molar-refractivity contribution is 0.204. The lowest BCUT2D eigenvalue weighted by Gasteiger charge is -2.17. The lowest BCUT2D eigenvalue weighted by atomic mass is 10.5. The fourth-order valence-electron chi connectivity index (χ4n) is 1.33. The van der Waals surface area contributed by atoms with Crippen LogP contribution in [0.2, 0.25) is 0 Å². The van der Waals surface area contributed by atoms with Gasteiger partial charge in [-0.2, -0.15) is 4.98 Å². The highest BCUT2D eigenvalue weighted by Gasteiger charge is 2.11. The third-order valence-electron chi connectivity index (χ3n) is 2.08. The van der Waals surface area contributed by atoms with Crippen molar-refractivity contribution in [1.82, 2.24) is 10.3 Å². The Morgan fingerprint density at radius 3 is 3.12 bits per heavy atom. The van der Waals surface area contributed by atoms with E-state index in [1.807, 2.05) is 18.0 Å². The van der Waals surface area contributed by atoms with E-state index < -0.39 is 0 Å². The molecule has 0 bridgehead atoms. The summed E-state index contributed by atoms with van der Waals surface area (Å²) in [6.45, 7) is 6.49. The van der Waals surface area contributed by atoms with E-state index in [1.165, 1.54) is 0 Å². The molecule has 0 unspecified atom stereocenters. The predicted octanol–water partition coefficient (Wildman–Crippen LogP) is 1.03. The third kappa shape index (κ3) is 3.67. The number of aromatic nitrogens is 1. The third-order valence-corrected chi connectivity index (χ3v) is 2.08. The fraction of sp³-hybridized carbons (Fsp3) is 0.545. The van der Waals surface area contributed by atoms with Crippen molar-refractivity contribution in [2.45, 2.75) is 6.54 Å². The maximum absolute atomic E-state index is 5.40. The first-order valence-electron chi connectivity index (χ1n) is 5.25. The largest absolute Gasteiger partial charge is 0.432 e. The molecule has 1 heterocycles. The molecule has 0 radical (unpaired) electrons. The normalized spacial score (nSPS) is 10.4.